The summed E-state index contributed by atoms with van der Waals surface area (Å²) in [6, 6.07) is 6.86. The molecular weight excluding hydrogens is 350 g/mol. The molecule has 0 radical (unpaired) electrons. The van der Waals surface area contributed by atoms with Crippen molar-refractivity contribution >= 4 is 40.7 Å². The number of carbonyl (C=O) groups excluding carboxylic acids is 2. The maximum atomic E-state index is 11.8. The molecule has 0 saturated heterocycles. The summed E-state index contributed by atoms with van der Waals surface area (Å²) in [6.45, 7) is -0.227. The molecule has 0 aromatic heterocycles. The highest BCUT2D eigenvalue weighted by molar-refractivity contribution is 7.80. The van der Waals surface area contributed by atoms with Crippen LogP contribution in [0.1, 0.15) is 32.1 Å². The number of halogens is 1. The molecule has 0 bridgehead atoms. The van der Waals surface area contributed by atoms with Gasteiger partial charge in [0.25, 0.3) is 5.91 Å². The highest BCUT2D eigenvalue weighted by Crippen LogP contribution is 2.27. The maximum absolute atomic E-state index is 11.8. The zero-order chi connectivity index (χ0) is 17.4. The van der Waals surface area contributed by atoms with Gasteiger partial charge in [0.05, 0.1) is 5.02 Å². The van der Waals surface area contributed by atoms with Crippen LogP contribution in [0.4, 0.5) is 0 Å². The predicted octanol–water partition coefficient (Wildman–Crippen LogP) is 2.32. The van der Waals surface area contributed by atoms with Crippen LogP contribution >= 0.6 is 23.8 Å². The number of carbonyl (C=O) groups is 2. The van der Waals surface area contributed by atoms with Crippen molar-refractivity contribution in [3.63, 3.8) is 0 Å². The van der Waals surface area contributed by atoms with E-state index in [-0.39, 0.29) is 17.6 Å². The second kappa shape index (κ2) is 9.44. The molecule has 0 heterocycles. The lowest BCUT2D eigenvalue weighted by Crippen LogP contribution is -2.49. The number of amides is 2. The Morgan fingerprint density at radius 1 is 1.17 bits per heavy atom. The third-order valence-corrected chi connectivity index (χ3v) is 4.23. The van der Waals surface area contributed by atoms with Crippen LogP contribution in [0.25, 0.3) is 0 Å². The summed E-state index contributed by atoms with van der Waals surface area (Å²) in [5.74, 6) is 0.274. The molecule has 1 saturated carbocycles. The van der Waals surface area contributed by atoms with Gasteiger partial charge in [-0.1, -0.05) is 36.6 Å². The van der Waals surface area contributed by atoms with E-state index in [1.807, 2.05) is 0 Å². The van der Waals surface area contributed by atoms with Crippen LogP contribution in [0, 0.1) is 5.92 Å². The van der Waals surface area contributed by atoms with E-state index in [9.17, 15) is 9.59 Å². The number of nitrogens with one attached hydrogen (secondary N) is 3. The van der Waals surface area contributed by atoms with E-state index in [0.29, 0.717) is 23.1 Å². The number of hydrazine groups is 1. The summed E-state index contributed by atoms with van der Waals surface area (Å²) in [5, 5.41) is 3.03. The maximum Gasteiger partial charge on any atom is 0.276 e. The van der Waals surface area contributed by atoms with Crippen LogP contribution in [0.15, 0.2) is 24.3 Å². The number of ether oxygens (including phenoxy) is 1. The van der Waals surface area contributed by atoms with Gasteiger partial charge in [0.15, 0.2) is 11.7 Å². The Hall–Kier alpha value is -1.86. The lowest BCUT2D eigenvalue weighted by atomic mass is 10.0. The van der Waals surface area contributed by atoms with Gasteiger partial charge in [0, 0.05) is 6.42 Å². The first-order valence-corrected chi connectivity index (χ1v) is 8.59. The zero-order valence-electron chi connectivity index (χ0n) is 13.1. The third-order valence-electron chi connectivity index (χ3n) is 3.71. The zero-order valence-corrected chi connectivity index (χ0v) is 14.7. The summed E-state index contributed by atoms with van der Waals surface area (Å²) in [7, 11) is 0. The number of hydrogen-bond acceptors (Lipinski definition) is 4. The van der Waals surface area contributed by atoms with Crippen molar-refractivity contribution in [2.45, 2.75) is 32.1 Å². The second-order valence-electron chi connectivity index (χ2n) is 5.62. The molecule has 1 aromatic rings. The predicted molar refractivity (Wildman–Crippen MR) is 95.5 cm³/mol. The first kappa shape index (κ1) is 18.5. The first-order valence-electron chi connectivity index (χ1n) is 7.80. The second-order valence-corrected chi connectivity index (χ2v) is 6.44. The molecule has 0 spiro atoms. The summed E-state index contributed by atoms with van der Waals surface area (Å²) >= 11 is 10.9. The lowest BCUT2D eigenvalue weighted by molar-refractivity contribution is -0.124. The lowest BCUT2D eigenvalue weighted by Gasteiger charge is -2.13. The van der Waals surface area contributed by atoms with Crippen molar-refractivity contribution in [3.8, 4) is 5.75 Å². The molecule has 6 nitrogen and oxygen atoms in total. The number of para-hydroxylation sites is 1. The van der Waals surface area contributed by atoms with Gasteiger partial charge in [0.2, 0.25) is 5.91 Å². The molecule has 8 heteroatoms. The normalized spacial score (nSPS) is 14.0. The van der Waals surface area contributed by atoms with Gasteiger partial charge in [-0.25, -0.2) is 0 Å². The molecule has 1 aliphatic rings. The van der Waals surface area contributed by atoms with E-state index in [4.69, 9.17) is 28.6 Å². The van der Waals surface area contributed by atoms with Gasteiger partial charge in [-0.3, -0.25) is 20.4 Å². The summed E-state index contributed by atoms with van der Waals surface area (Å²) < 4.78 is 5.29. The molecule has 0 atom stereocenters. The molecule has 130 valence electrons. The van der Waals surface area contributed by atoms with Crippen LogP contribution < -0.4 is 20.9 Å². The molecular formula is C16H20ClN3O3S. The van der Waals surface area contributed by atoms with E-state index in [0.717, 1.165) is 12.8 Å². The van der Waals surface area contributed by atoms with Crippen molar-refractivity contribution in [1.29, 1.82) is 0 Å². The highest BCUT2D eigenvalue weighted by Gasteiger charge is 2.18. The standard InChI is InChI=1S/C16H20ClN3O3S/c17-12-7-3-4-8-13(12)23-10-15(22)19-20-16(24)18-14(21)9-11-5-1-2-6-11/h3-4,7-8,11H,1-2,5-6,9-10H2,(H,19,22)(H2,18,20,21,24). The summed E-state index contributed by atoms with van der Waals surface area (Å²) in [5.41, 5.74) is 4.83. The molecule has 1 aromatic carbocycles. The van der Waals surface area contributed by atoms with Gasteiger partial charge >= 0.3 is 0 Å². The van der Waals surface area contributed by atoms with Crippen LogP contribution in [0.2, 0.25) is 5.02 Å². The molecule has 3 N–H and O–H groups in total. The Bertz CT molecular complexity index is 606. The van der Waals surface area contributed by atoms with Crippen LogP contribution in [0.3, 0.4) is 0 Å². The van der Waals surface area contributed by atoms with Crippen molar-refractivity contribution in [2.75, 3.05) is 6.61 Å². The van der Waals surface area contributed by atoms with E-state index >= 15 is 0 Å². The minimum atomic E-state index is -0.442. The van der Waals surface area contributed by atoms with E-state index in [1.54, 1.807) is 24.3 Å². The highest BCUT2D eigenvalue weighted by atomic mass is 35.5. The Morgan fingerprint density at radius 3 is 2.58 bits per heavy atom. The third kappa shape index (κ3) is 6.33. The molecule has 1 aliphatic carbocycles. The average Bonchev–Trinajstić information content (AvgIpc) is 3.05. The fourth-order valence-electron chi connectivity index (χ4n) is 2.55. The number of rotatable bonds is 5. The SMILES string of the molecule is O=C(COc1ccccc1Cl)NNC(=S)NC(=O)CC1CCCC1. The van der Waals surface area contributed by atoms with Gasteiger partial charge in [-0.05, 0) is 43.1 Å². The van der Waals surface area contributed by atoms with Gasteiger partial charge in [0.1, 0.15) is 5.75 Å². The first-order chi connectivity index (χ1) is 11.5. The molecule has 0 aliphatic heterocycles. The van der Waals surface area contributed by atoms with Crippen molar-refractivity contribution in [3.05, 3.63) is 29.3 Å². The Balaban J connectivity index is 1.63. The summed E-state index contributed by atoms with van der Waals surface area (Å²) in [6.07, 6.45) is 5.00. The van der Waals surface area contributed by atoms with Crippen molar-refractivity contribution in [2.24, 2.45) is 5.92 Å². The average molecular weight is 370 g/mol. The molecule has 0 unspecified atom stereocenters. The molecule has 24 heavy (non-hydrogen) atoms. The van der Waals surface area contributed by atoms with Crippen LogP contribution in [-0.4, -0.2) is 23.5 Å². The Kier molecular flexibility index (Phi) is 7.27. The largest absolute Gasteiger partial charge is 0.482 e. The Labute approximate surface area is 151 Å². The van der Waals surface area contributed by atoms with Gasteiger partial charge < -0.3 is 10.1 Å². The fourth-order valence-corrected chi connectivity index (χ4v) is 2.91. The Morgan fingerprint density at radius 2 is 1.88 bits per heavy atom. The van der Waals surface area contributed by atoms with Gasteiger partial charge in [-0.15, -0.1) is 0 Å². The van der Waals surface area contributed by atoms with Crippen molar-refractivity contribution in [1.82, 2.24) is 16.2 Å². The number of thiocarbonyl (C=S) groups is 1. The van der Waals surface area contributed by atoms with Crippen molar-refractivity contribution < 1.29 is 14.3 Å². The monoisotopic (exact) mass is 369 g/mol. The smallest absolute Gasteiger partial charge is 0.276 e. The van der Waals surface area contributed by atoms with Gasteiger partial charge in [-0.2, -0.15) is 0 Å². The van der Waals surface area contributed by atoms with E-state index < -0.39 is 5.91 Å². The molecule has 2 amide bonds. The molecule has 1 fully saturated rings. The fraction of sp³-hybridized carbons (Fsp3) is 0.438. The quantitative estimate of drug-likeness (QED) is 0.548. The van der Waals surface area contributed by atoms with Crippen LogP contribution in [0.5, 0.6) is 5.75 Å². The minimum absolute atomic E-state index is 0.0593. The number of benzene rings is 1. The topological polar surface area (TPSA) is 79.5 Å². The molecule has 2 rings (SSSR count). The summed E-state index contributed by atoms with van der Waals surface area (Å²) in [4.78, 5) is 23.5. The minimum Gasteiger partial charge on any atom is -0.482 e. The van der Waals surface area contributed by atoms with E-state index in [2.05, 4.69) is 16.2 Å². The van der Waals surface area contributed by atoms with Crippen LogP contribution in [-0.2, 0) is 9.59 Å². The number of hydrogen-bond donors (Lipinski definition) is 3. The van der Waals surface area contributed by atoms with E-state index in [1.165, 1.54) is 12.8 Å².